The Labute approximate surface area is 104 Å². The average molecular weight is 233 g/mol. The van der Waals surface area contributed by atoms with Gasteiger partial charge in [0.2, 0.25) is 0 Å². The third kappa shape index (κ3) is 2.81. The van der Waals surface area contributed by atoms with E-state index in [0.717, 1.165) is 6.54 Å². The molecule has 2 rings (SSSR count). The van der Waals surface area contributed by atoms with Crippen molar-refractivity contribution in [1.82, 2.24) is 0 Å². The van der Waals surface area contributed by atoms with Crippen LogP contribution in [-0.4, -0.2) is 13.7 Å². The molecule has 0 saturated heterocycles. The summed E-state index contributed by atoms with van der Waals surface area (Å²) in [6, 6.07) is 6.61. The summed E-state index contributed by atoms with van der Waals surface area (Å²) in [5, 5.41) is 3.55. The topological polar surface area (TPSA) is 21.3 Å². The van der Waals surface area contributed by atoms with Crippen molar-refractivity contribution in [2.45, 2.75) is 33.8 Å². The zero-order chi connectivity index (χ0) is 12.5. The fraction of sp³-hybridized carbons (Fsp3) is 0.600. The van der Waals surface area contributed by atoms with Crippen LogP contribution in [0.15, 0.2) is 18.2 Å². The van der Waals surface area contributed by atoms with E-state index in [9.17, 15) is 0 Å². The molecule has 1 aliphatic rings. The monoisotopic (exact) mass is 233 g/mol. The van der Waals surface area contributed by atoms with Crippen LogP contribution in [0.3, 0.4) is 0 Å². The summed E-state index contributed by atoms with van der Waals surface area (Å²) in [7, 11) is 1.75. The summed E-state index contributed by atoms with van der Waals surface area (Å²) >= 11 is 0. The number of fused-ring (bicyclic) bond motifs is 1. The van der Waals surface area contributed by atoms with Crippen LogP contribution < -0.4 is 5.32 Å². The molecule has 0 fully saturated rings. The van der Waals surface area contributed by atoms with Crippen molar-refractivity contribution in [2.75, 3.05) is 19.0 Å². The first-order chi connectivity index (χ1) is 8.00. The van der Waals surface area contributed by atoms with Gasteiger partial charge in [0.05, 0.1) is 6.61 Å². The molecule has 2 heteroatoms. The smallest absolute Gasteiger partial charge is 0.0713 e. The van der Waals surface area contributed by atoms with E-state index in [1.807, 2.05) is 0 Å². The molecule has 0 radical (unpaired) electrons. The maximum Gasteiger partial charge on any atom is 0.0713 e. The van der Waals surface area contributed by atoms with E-state index < -0.39 is 0 Å². The van der Waals surface area contributed by atoms with Crippen LogP contribution in [0.1, 0.15) is 31.9 Å². The quantitative estimate of drug-likeness (QED) is 0.844. The Morgan fingerprint density at radius 2 is 2.12 bits per heavy atom. The average Bonchev–Trinajstić information content (AvgIpc) is 2.27. The van der Waals surface area contributed by atoms with Crippen molar-refractivity contribution in [3.05, 3.63) is 29.3 Å². The molecule has 0 amide bonds. The number of methoxy groups -OCH3 is 1. The molecule has 2 nitrogen and oxygen atoms in total. The minimum Gasteiger partial charge on any atom is -0.385 e. The number of ether oxygens (including phenoxy) is 1. The third-order valence-corrected chi connectivity index (χ3v) is 3.71. The summed E-state index contributed by atoms with van der Waals surface area (Å²) in [5.74, 6) is 0.702. The minimum atomic E-state index is 0.363. The summed E-state index contributed by atoms with van der Waals surface area (Å²) in [4.78, 5) is 0. The maximum atomic E-state index is 5.19. The lowest BCUT2D eigenvalue weighted by molar-refractivity contribution is 0.184. The lowest BCUT2D eigenvalue weighted by atomic mass is 9.75. The van der Waals surface area contributed by atoms with Gasteiger partial charge in [-0.15, -0.1) is 0 Å². The Hall–Kier alpha value is -1.02. The van der Waals surface area contributed by atoms with E-state index in [2.05, 4.69) is 44.3 Å². The van der Waals surface area contributed by atoms with Crippen LogP contribution in [0.4, 0.5) is 5.69 Å². The SMILES string of the molecule is COCc1ccc2c(c1)CC(C(C)(C)C)CN2. The van der Waals surface area contributed by atoms with Crippen LogP contribution in [-0.2, 0) is 17.8 Å². The Bertz CT molecular complexity index is 392. The van der Waals surface area contributed by atoms with Crippen LogP contribution in [0, 0.1) is 11.3 Å². The first kappa shape index (κ1) is 12.4. The van der Waals surface area contributed by atoms with E-state index in [1.54, 1.807) is 7.11 Å². The largest absolute Gasteiger partial charge is 0.385 e. The van der Waals surface area contributed by atoms with E-state index in [4.69, 9.17) is 4.74 Å². The van der Waals surface area contributed by atoms with Gasteiger partial charge in [0.15, 0.2) is 0 Å². The van der Waals surface area contributed by atoms with Gasteiger partial charge in [-0.3, -0.25) is 0 Å². The normalized spacial score (nSPS) is 19.6. The molecule has 1 N–H and O–H groups in total. The van der Waals surface area contributed by atoms with Crippen molar-refractivity contribution >= 4 is 5.69 Å². The van der Waals surface area contributed by atoms with Crippen molar-refractivity contribution in [3.63, 3.8) is 0 Å². The zero-order valence-electron chi connectivity index (χ0n) is 11.3. The minimum absolute atomic E-state index is 0.363. The van der Waals surface area contributed by atoms with Gasteiger partial charge >= 0.3 is 0 Å². The number of nitrogens with one attached hydrogen (secondary N) is 1. The van der Waals surface area contributed by atoms with Gasteiger partial charge in [-0.25, -0.2) is 0 Å². The molecule has 1 aliphatic heterocycles. The molecule has 1 aromatic rings. The fourth-order valence-corrected chi connectivity index (χ4v) is 2.43. The Balaban J connectivity index is 2.20. The summed E-state index contributed by atoms with van der Waals surface area (Å²) in [6.07, 6.45) is 1.17. The standard InChI is InChI=1S/C15H23NO/c1-15(2,3)13-8-12-7-11(10-17-4)5-6-14(12)16-9-13/h5-7,13,16H,8-10H2,1-4H3. The second kappa shape index (κ2) is 4.69. The summed E-state index contributed by atoms with van der Waals surface area (Å²) in [6.45, 7) is 8.75. The number of rotatable bonds is 2. The lowest BCUT2D eigenvalue weighted by Crippen LogP contribution is -2.33. The van der Waals surface area contributed by atoms with E-state index in [1.165, 1.54) is 23.2 Å². The fourth-order valence-electron chi connectivity index (χ4n) is 2.43. The molecular weight excluding hydrogens is 210 g/mol. The van der Waals surface area contributed by atoms with E-state index in [-0.39, 0.29) is 0 Å². The van der Waals surface area contributed by atoms with Crippen molar-refractivity contribution in [3.8, 4) is 0 Å². The molecular formula is C15H23NO. The van der Waals surface area contributed by atoms with Crippen LogP contribution >= 0.6 is 0 Å². The highest BCUT2D eigenvalue weighted by Crippen LogP contribution is 2.35. The molecule has 1 unspecified atom stereocenters. The molecule has 1 heterocycles. The first-order valence-corrected chi connectivity index (χ1v) is 6.35. The Morgan fingerprint density at radius 3 is 2.76 bits per heavy atom. The van der Waals surface area contributed by atoms with Gasteiger partial charge in [0.1, 0.15) is 0 Å². The number of anilines is 1. The molecule has 94 valence electrons. The molecule has 0 aromatic heterocycles. The predicted molar refractivity (Wildman–Crippen MR) is 72.3 cm³/mol. The summed E-state index contributed by atoms with van der Waals surface area (Å²) in [5.41, 5.74) is 4.36. The molecule has 17 heavy (non-hydrogen) atoms. The lowest BCUT2D eigenvalue weighted by Gasteiger charge is -2.35. The van der Waals surface area contributed by atoms with Crippen molar-refractivity contribution < 1.29 is 4.74 Å². The van der Waals surface area contributed by atoms with Gasteiger partial charge in [-0.05, 0) is 34.9 Å². The summed E-state index contributed by atoms with van der Waals surface area (Å²) < 4.78 is 5.19. The second-order valence-electron chi connectivity index (χ2n) is 6.07. The molecule has 0 aliphatic carbocycles. The second-order valence-corrected chi connectivity index (χ2v) is 6.07. The predicted octanol–water partition coefficient (Wildman–Crippen LogP) is 3.46. The number of hydrogen-bond acceptors (Lipinski definition) is 2. The highest BCUT2D eigenvalue weighted by Gasteiger charge is 2.28. The van der Waals surface area contributed by atoms with Gasteiger partial charge < -0.3 is 10.1 Å². The number of hydrogen-bond donors (Lipinski definition) is 1. The van der Waals surface area contributed by atoms with Crippen molar-refractivity contribution in [1.29, 1.82) is 0 Å². The molecule has 0 bridgehead atoms. The zero-order valence-corrected chi connectivity index (χ0v) is 11.3. The van der Waals surface area contributed by atoms with Crippen LogP contribution in [0.2, 0.25) is 0 Å². The molecule has 1 aromatic carbocycles. The van der Waals surface area contributed by atoms with E-state index in [0.29, 0.717) is 17.9 Å². The van der Waals surface area contributed by atoms with Crippen molar-refractivity contribution in [2.24, 2.45) is 11.3 Å². The van der Waals surface area contributed by atoms with Gasteiger partial charge in [0.25, 0.3) is 0 Å². The first-order valence-electron chi connectivity index (χ1n) is 6.35. The van der Waals surface area contributed by atoms with Crippen LogP contribution in [0.25, 0.3) is 0 Å². The Kier molecular flexibility index (Phi) is 3.43. The molecule has 0 saturated carbocycles. The maximum absolute atomic E-state index is 5.19. The molecule has 1 atom stereocenters. The van der Waals surface area contributed by atoms with Gasteiger partial charge in [-0.2, -0.15) is 0 Å². The Morgan fingerprint density at radius 1 is 1.35 bits per heavy atom. The highest BCUT2D eigenvalue weighted by atomic mass is 16.5. The number of benzene rings is 1. The van der Waals surface area contributed by atoms with Gasteiger partial charge in [0, 0.05) is 19.3 Å². The van der Waals surface area contributed by atoms with Crippen LogP contribution in [0.5, 0.6) is 0 Å². The van der Waals surface area contributed by atoms with Gasteiger partial charge in [-0.1, -0.05) is 32.9 Å². The third-order valence-electron chi connectivity index (χ3n) is 3.71. The van der Waals surface area contributed by atoms with E-state index >= 15 is 0 Å². The molecule has 0 spiro atoms. The highest BCUT2D eigenvalue weighted by molar-refractivity contribution is 5.54.